The molecule has 0 spiro atoms. The van der Waals surface area contributed by atoms with Gasteiger partial charge in [0.05, 0.1) is 0 Å². The van der Waals surface area contributed by atoms with Crippen LogP contribution in [0.4, 0.5) is 5.82 Å². The molecule has 0 atom stereocenters. The van der Waals surface area contributed by atoms with E-state index in [1.807, 2.05) is 6.20 Å². The zero-order valence-corrected chi connectivity index (χ0v) is 13.6. The molecule has 0 fully saturated rings. The third kappa shape index (κ3) is 4.43. The molecular weight excluding hydrogens is 258 g/mol. The van der Waals surface area contributed by atoms with Crippen LogP contribution in [0.25, 0.3) is 10.8 Å². The van der Waals surface area contributed by atoms with E-state index in [1.165, 1.54) is 16.3 Å². The van der Waals surface area contributed by atoms with E-state index in [9.17, 15) is 0 Å². The number of hydrogen-bond acceptors (Lipinski definition) is 3. The van der Waals surface area contributed by atoms with Gasteiger partial charge >= 0.3 is 0 Å². The standard InChI is InChI=1S/C18H27N3/c1-13(2)9-19-11-15-12-21-18(20-10-14(3)4)17-8-6-5-7-16(15)17/h5-8,12-14,19H,9-11H2,1-4H3,(H,20,21). The lowest BCUT2D eigenvalue weighted by atomic mass is 10.1. The van der Waals surface area contributed by atoms with Gasteiger partial charge in [0, 0.05) is 24.7 Å². The van der Waals surface area contributed by atoms with Gasteiger partial charge in [0.15, 0.2) is 0 Å². The molecule has 21 heavy (non-hydrogen) atoms. The monoisotopic (exact) mass is 285 g/mol. The number of nitrogens with zero attached hydrogens (tertiary/aromatic N) is 1. The van der Waals surface area contributed by atoms with Crippen LogP contribution in [-0.4, -0.2) is 18.1 Å². The second-order valence-electron chi connectivity index (χ2n) is 6.48. The molecule has 114 valence electrons. The molecular formula is C18H27N3. The summed E-state index contributed by atoms with van der Waals surface area (Å²) in [5.41, 5.74) is 1.27. The van der Waals surface area contributed by atoms with E-state index in [4.69, 9.17) is 0 Å². The number of rotatable bonds is 7. The molecule has 1 aromatic heterocycles. The number of fused-ring (bicyclic) bond motifs is 1. The van der Waals surface area contributed by atoms with E-state index in [1.54, 1.807) is 0 Å². The number of hydrogen-bond donors (Lipinski definition) is 2. The van der Waals surface area contributed by atoms with E-state index in [0.29, 0.717) is 11.8 Å². The molecule has 0 radical (unpaired) electrons. The Labute approximate surface area is 128 Å². The van der Waals surface area contributed by atoms with Gasteiger partial charge in [-0.1, -0.05) is 52.0 Å². The van der Waals surface area contributed by atoms with Crippen LogP contribution in [-0.2, 0) is 6.54 Å². The Hall–Kier alpha value is -1.61. The van der Waals surface area contributed by atoms with Gasteiger partial charge in [-0.05, 0) is 29.3 Å². The highest BCUT2D eigenvalue weighted by molar-refractivity contribution is 5.93. The summed E-state index contributed by atoms with van der Waals surface area (Å²) in [4.78, 5) is 4.63. The Morgan fingerprint density at radius 1 is 0.952 bits per heavy atom. The van der Waals surface area contributed by atoms with E-state index in [2.05, 4.69) is 67.6 Å². The van der Waals surface area contributed by atoms with Crippen molar-refractivity contribution in [2.75, 3.05) is 18.4 Å². The van der Waals surface area contributed by atoms with Crippen LogP contribution in [0.1, 0.15) is 33.3 Å². The molecule has 0 amide bonds. The number of nitrogens with one attached hydrogen (secondary N) is 2. The third-order valence-electron chi connectivity index (χ3n) is 3.42. The summed E-state index contributed by atoms with van der Waals surface area (Å²) in [6, 6.07) is 8.51. The minimum absolute atomic E-state index is 0.609. The Morgan fingerprint density at radius 2 is 1.62 bits per heavy atom. The van der Waals surface area contributed by atoms with Crippen LogP contribution >= 0.6 is 0 Å². The van der Waals surface area contributed by atoms with Crippen molar-refractivity contribution in [3.05, 3.63) is 36.0 Å². The molecule has 1 aromatic carbocycles. The predicted molar refractivity (Wildman–Crippen MR) is 91.6 cm³/mol. The zero-order valence-electron chi connectivity index (χ0n) is 13.6. The SMILES string of the molecule is CC(C)CNCc1cnc(NCC(C)C)c2ccccc12. The van der Waals surface area contributed by atoms with Crippen molar-refractivity contribution in [3.8, 4) is 0 Å². The molecule has 3 heteroatoms. The lowest BCUT2D eigenvalue weighted by Crippen LogP contribution is -2.19. The summed E-state index contributed by atoms with van der Waals surface area (Å²) >= 11 is 0. The summed E-state index contributed by atoms with van der Waals surface area (Å²) in [6.07, 6.45) is 2.00. The van der Waals surface area contributed by atoms with E-state index in [0.717, 1.165) is 25.5 Å². The molecule has 2 rings (SSSR count). The first-order chi connectivity index (χ1) is 10.1. The fourth-order valence-corrected chi connectivity index (χ4v) is 2.33. The van der Waals surface area contributed by atoms with Crippen molar-refractivity contribution < 1.29 is 0 Å². The fourth-order valence-electron chi connectivity index (χ4n) is 2.33. The summed E-state index contributed by atoms with van der Waals surface area (Å²) < 4.78 is 0. The van der Waals surface area contributed by atoms with Crippen molar-refractivity contribution in [1.82, 2.24) is 10.3 Å². The quantitative estimate of drug-likeness (QED) is 0.806. The molecule has 0 bridgehead atoms. The zero-order chi connectivity index (χ0) is 15.2. The third-order valence-corrected chi connectivity index (χ3v) is 3.42. The minimum atomic E-state index is 0.609. The summed E-state index contributed by atoms with van der Waals surface area (Å²) in [5.74, 6) is 2.26. The molecule has 0 saturated carbocycles. The maximum absolute atomic E-state index is 4.63. The number of pyridine rings is 1. The van der Waals surface area contributed by atoms with Gasteiger partial charge in [0.25, 0.3) is 0 Å². The van der Waals surface area contributed by atoms with Gasteiger partial charge in [-0.2, -0.15) is 0 Å². The van der Waals surface area contributed by atoms with Crippen LogP contribution in [0.3, 0.4) is 0 Å². The molecule has 2 N–H and O–H groups in total. The van der Waals surface area contributed by atoms with Crippen LogP contribution in [0.15, 0.2) is 30.5 Å². The van der Waals surface area contributed by atoms with Gasteiger partial charge in [0.2, 0.25) is 0 Å². The first-order valence-electron chi connectivity index (χ1n) is 7.89. The fraction of sp³-hybridized carbons (Fsp3) is 0.500. The van der Waals surface area contributed by atoms with E-state index >= 15 is 0 Å². The first kappa shape index (κ1) is 15.8. The summed E-state index contributed by atoms with van der Waals surface area (Å²) in [5, 5.41) is 9.46. The highest BCUT2D eigenvalue weighted by atomic mass is 15.0. The Kier molecular flexibility index (Phi) is 5.57. The van der Waals surface area contributed by atoms with Crippen LogP contribution in [0.5, 0.6) is 0 Å². The highest BCUT2D eigenvalue weighted by Crippen LogP contribution is 2.24. The van der Waals surface area contributed by atoms with Crippen molar-refractivity contribution in [3.63, 3.8) is 0 Å². The molecule has 0 aliphatic heterocycles. The van der Waals surface area contributed by atoms with Gasteiger partial charge in [0.1, 0.15) is 5.82 Å². The number of benzene rings is 1. The highest BCUT2D eigenvalue weighted by Gasteiger charge is 2.07. The Morgan fingerprint density at radius 3 is 2.29 bits per heavy atom. The first-order valence-corrected chi connectivity index (χ1v) is 7.89. The topological polar surface area (TPSA) is 37.0 Å². The lowest BCUT2D eigenvalue weighted by molar-refractivity contribution is 0.553. The van der Waals surface area contributed by atoms with Gasteiger partial charge in [-0.15, -0.1) is 0 Å². The van der Waals surface area contributed by atoms with Gasteiger partial charge < -0.3 is 10.6 Å². The van der Waals surface area contributed by atoms with E-state index in [-0.39, 0.29) is 0 Å². The normalized spacial score (nSPS) is 11.5. The van der Waals surface area contributed by atoms with Crippen LogP contribution < -0.4 is 10.6 Å². The largest absolute Gasteiger partial charge is 0.369 e. The van der Waals surface area contributed by atoms with Gasteiger partial charge in [-0.25, -0.2) is 4.98 Å². The maximum Gasteiger partial charge on any atom is 0.133 e. The summed E-state index contributed by atoms with van der Waals surface area (Å²) in [7, 11) is 0. The molecule has 0 saturated heterocycles. The molecule has 1 heterocycles. The Balaban J connectivity index is 2.22. The molecule has 0 aliphatic rings. The molecule has 0 aliphatic carbocycles. The average Bonchev–Trinajstić information content (AvgIpc) is 2.45. The van der Waals surface area contributed by atoms with E-state index < -0.39 is 0 Å². The predicted octanol–water partition coefficient (Wildman–Crippen LogP) is 4.05. The Bertz CT molecular complexity index is 576. The van der Waals surface area contributed by atoms with Gasteiger partial charge in [-0.3, -0.25) is 0 Å². The molecule has 2 aromatic rings. The number of aromatic nitrogens is 1. The van der Waals surface area contributed by atoms with Crippen molar-refractivity contribution in [2.45, 2.75) is 34.2 Å². The minimum Gasteiger partial charge on any atom is -0.369 e. The average molecular weight is 285 g/mol. The smallest absolute Gasteiger partial charge is 0.133 e. The molecule has 0 unspecified atom stereocenters. The van der Waals surface area contributed by atoms with Crippen LogP contribution in [0.2, 0.25) is 0 Å². The summed E-state index contributed by atoms with van der Waals surface area (Å²) in [6.45, 7) is 11.7. The van der Waals surface area contributed by atoms with Crippen molar-refractivity contribution in [2.24, 2.45) is 11.8 Å². The maximum atomic E-state index is 4.63. The van der Waals surface area contributed by atoms with Crippen molar-refractivity contribution in [1.29, 1.82) is 0 Å². The van der Waals surface area contributed by atoms with Crippen LogP contribution in [0, 0.1) is 11.8 Å². The molecule has 3 nitrogen and oxygen atoms in total. The lowest BCUT2D eigenvalue weighted by Gasteiger charge is -2.14. The number of anilines is 1. The second kappa shape index (κ2) is 7.41. The second-order valence-corrected chi connectivity index (χ2v) is 6.48. The van der Waals surface area contributed by atoms with Crippen molar-refractivity contribution >= 4 is 16.6 Å².